The van der Waals surface area contributed by atoms with Crippen LogP contribution in [-0.2, 0) is 4.79 Å². The number of carbonyl (C=O) groups excluding carboxylic acids is 1. The minimum Gasteiger partial charge on any atom is -0.461 e. The van der Waals surface area contributed by atoms with Crippen LogP contribution in [0.15, 0.2) is 30.4 Å². The van der Waals surface area contributed by atoms with Crippen molar-refractivity contribution in [1.82, 2.24) is 19.8 Å². The third kappa shape index (κ3) is 6.98. The van der Waals surface area contributed by atoms with E-state index in [2.05, 4.69) is 46.0 Å². The second kappa shape index (κ2) is 15.1. The summed E-state index contributed by atoms with van der Waals surface area (Å²) in [6.45, 7) is 8.98. The van der Waals surface area contributed by atoms with Crippen LogP contribution in [0, 0.1) is 46.1 Å². The monoisotopic (exact) mass is 758 g/mol. The van der Waals surface area contributed by atoms with Crippen molar-refractivity contribution >= 4 is 60.7 Å². The van der Waals surface area contributed by atoms with E-state index in [-0.39, 0.29) is 65.7 Å². The average Bonchev–Trinajstić information content (AvgIpc) is 3.91. The van der Waals surface area contributed by atoms with Crippen LogP contribution in [0.3, 0.4) is 0 Å². The molecule has 3 saturated heterocycles. The highest BCUT2D eigenvalue weighted by Crippen LogP contribution is 2.46. The molecular formula is C39H41ClF2N8O2S. The maximum Gasteiger partial charge on any atom is 0.319 e. The Kier molecular flexibility index (Phi) is 10.4. The first-order valence-corrected chi connectivity index (χ1v) is 19.3. The Morgan fingerprint density at radius 2 is 1.92 bits per heavy atom. The van der Waals surface area contributed by atoms with Crippen LogP contribution in [0.5, 0.6) is 6.01 Å². The number of fused-ring (bicyclic) bond motifs is 3. The van der Waals surface area contributed by atoms with E-state index in [0.717, 1.165) is 76.0 Å². The highest BCUT2D eigenvalue weighted by Gasteiger charge is 2.45. The Morgan fingerprint density at radius 1 is 1.15 bits per heavy atom. The van der Waals surface area contributed by atoms with Crippen molar-refractivity contribution in [2.24, 2.45) is 11.8 Å². The molecule has 0 saturated carbocycles. The highest BCUT2D eigenvalue weighted by atomic mass is 35.5. The number of hydrogen-bond donors (Lipinski definition) is 1. The van der Waals surface area contributed by atoms with Gasteiger partial charge in [0.2, 0.25) is 5.91 Å². The molecule has 53 heavy (non-hydrogen) atoms. The van der Waals surface area contributed by atoms with E-state index >= 15 is 4.39 Å². The molecule has 10 nitrogen and oxygen atoms in total. The summed E-state index contributed by atoms with van der Waals surface area (Å²) in [4.78, 5) is 26.5. The number of thiophene rings is 1. The minimum absolute atomic E-state index is 0.0320. The number of anilines is 2. The van der Waals surface area contributed by atoms with Gasteiger partial charge < -0.3 is 20.3 Å². The van der Waals surface area contributed by atoms with Gasteiger partial charge in [-0.25, -0.2) is 8.78 Å². The van der Waals surface area contributed by atoms with Crippen LogP contribution in [0.4, 0.5) is 19.6 Å². The largest absolute Gasteiger partial charge is 0.461 e. The second-order valence-corrected chi connectivity index (χ2v) is 16.0. The summed E-state index contributed by atoms with van der Waals surface area (Å²) in [6, 6.07) is 8.68. The normalized spacial score (nSPS) is 20.9. The number of halogens is 3. The lowest BCUT2D eigenvalue weighted by Gasteiger charge is -2.31. The number of benzene rings is 2. The van der Waals surface area contributed by atoms with Crippen molar-refractivity contribution in [3.63, 3.8) is 0 Å². The van der Waals surface area contributed by atoms with Crippen molar-refractivity contribution in [2.75, 3.05) is 56.5 Å². The quantitative estimate of drug-likeness (QED) is 0.203. The van der Waals surface area contributed by atoms with E-state index < -0.39 is 11.6 Å². The molecule has 4 aromatic rings. The predicted octanol–water partition coefficient (Wildman–Crippen LogP) is 7.68. The van der Waals surface area contributed by atoms with Crippen molar-refractivity contribution in [3.05, 3.63) is 52.6 Å². The number of nitriles is 2. The Balaban J connectivity index is 0.000000379. The first-order valence-electron chi connectivity index (χ1n) is 18.1. The molecule has 2 atom stereocenters. The smallest absolute Gasteiger partial charge is 0.319 e. The number of carbonyl (C=O) groups is 1. The Hall–Kier alpha value is -4.56. The first-order chi connectivity index (χ1) is 25.5. The van der Waals surface area contributed by atoms with E-state index in [0.29, 0.717) is 36.8 Å². The molecule has 2 aromatic heterocycles. The van der Waals surface area contributed by atoms with Crippen LogP contribution < -0.4 is 15.4 Å². The fourth-order valence-electron chi connectivity index (χ4n) is 8.26. The second-order valence-electron chi connectivity index (χ2n) is 14.5. The molecule has 2 aromatic carbocycles. The highest BCUT2D eigenvalue weighted by molar-refractivity contribution is 7.23. The fourth-order valence-corrected chi connectivity index (χ4v) is 9.50. The Labute approximate surface area is 316 Å². The lowest BCUT2D eigenvalue weighted by atomic mass is 9.95. The zero-order valence-corrected chi connectivity index (χ0v) is 31.4. The minimum atomic E-state index is -0.683. The van der Waals surface area contributed by atoms with Gasteiger partial charge in [-0.05, 0) is 75.2 Å². The van der Waals surface area contributed by atoms with Gasteiger partial charge in [-0.15, -0.1) is 11.3 Å². The lowest BCUT2D eigenvalue weighted by molar-refractivity contribution is -0.127. The number of ether oxygens (including phenoxy) is 1. The van der Waals surface area contributed by atoms with E-state index in [1.54, 1.807) is 17.9 Å². The predicted molar refractivity (Wildman–Crippen MR) is 204 cm³/mol. The lowest BCUT2D eigenvalue weighted by Crippen LogP contribution is -2.43. The summed E-state index contributed by atoms with van der Waals surface area (Å²) in [5.74, 6) is -0.151. The SMILES string of the molecule is CC(=O)N1CCC(C#N)C1.CC1CC=CCN(c2nc(OCC34CCCN3CCC4)nc3c(F)c(-c4ccc(F)c5sc(N)c(C#N)c45)c(Cl)cc23)C1. The zero-order valence-electron chi connectivity index (χ0n) is 29.8. The molecule has 2 unspecified atom stereocenters. The van der Waals surface area contributed by atoms with Gasteiger partial charge in [0.05, 0.1) is 32.8 Å². The standard InChI is InChI=1S/C32H31ClF2N6OS.C7H10N2O/c1-18-6-2-3-11-40(16-18)30-20-14-22(33)25(19-7-8-23(34)28-24(19)21(15-36)29(37)43-28)26(35)27(20)38-31(39-30)42-17-32-9-4-12-41(32)13-5-10-32;1-6(10)9-3-2-7(4-8)5-9/h2-3,7-8,14,18H,4-6,9-13,16-17,37H2,1H3;7H,2-3,5H2,1H3. The van der Waals surface area contributed by atoms with Crippen LogP contribution in [0.1, 0.15) is 57.9 Å². The number of nitrogens with zero attached hydrogens (tertiary/aromatic N) is 7. The summed E-state index contributed by atoms with van der Waals surface area (Å²) in [6.07, 6.45) is 10.4. The Morgan fingerprint density at radius 3 is 2.60 bits per heavy atom. The molecule has 0 spiro atoms. The Bertz CT molecular complexity index is 2190. The molecule has 276 valence electrons. The summed E-state index contributed by atoms with van der Waals surface area (Å²) < 4.78 is 38.2. The van der Waals surface area contributed by atoms with Crippen LogP contribution in [0.25, 0.3) is 32.1 Å². The number of hydrogen-bond acceptors (Lipinski definition) is 10. The molecule has 0 radical (unpaired) electrons. The van der Waals surface area contributed by atoms with Gasteiger partial charge in [0.25, 0.3) is 0 Å². The number of nitrogens with two attached hydrogens (primary N) is 1. The van der Waals surface area contributed by atoms with E-state index in [9.17, 15) is 14.4 Å². The molecule has 1 amide bonds. The zero-order chi connectivity index (χ0) is 37.4. The molecule has 14 heteroatoms. The van der Waals surface area contributed by atoms with Gasteiger partial charge >= 0.3 is 6.01 Å². The van der Waals surface area contributed by atoms with Gasteiger partial charge in [-0.1, -0.05) is 36.7 Å². The van der Waals surface area contributed by atoms with Crippen LogP contribution >= 0.6 is 22.9 Å². The van der Waals surface area contributed by atoms with Crippen molar-refractivity contribution in [3.8, 4) is 29.3 Å². The van der Waals surface area contributed by atoms with Gasteiger partial charge in [0, 0.05) is 49.4 Å². The van der Waals surface area contributed by atoms with Crippen molar-refractivity contribution in [2.45, 2.75) is 57.9 Å². The van der Waals surface area contributed by atoms with E-state index in [4.69, 9.17) is 32.3 Å². The summed E-state index contributed by atoms with van der Waals surface area (Å²) >= 11 is 7.79. The summed E-state index contributed by atoms with van der Waals surface area (Å²) in [5, 5.41) is 19.3. The third-order valence-electron chi connectivity index (χ3n) is 11.0. The maximum absolute atomic E-state index is 16.9. The maximum atomic E-state index is 16.9. The first kappa shape index (κ1) is 36.8. The topological polar surface area (TPSA) is 135 Å². The number of rotatable bonds is 5. The third-order valence-corrected chi connectivity index (χ3v) is 12.3. The molecule has 2 N–H and O–H groups in total. The van der Waals surface area contributed by atoms with Crippen molar-refractivity contribution < 1.29 is 18.3 Å². The molecule has 8 rings (SSSR count). The fraction of sp³-hybridized carbons (Fsp3) is 0.462. The van der Waals surface area contributed by atoms with Crippen LogP contribution in [0.2, 0.25) is 5.02 Å². The number of aromatic nitrogens is 2. The molecule has 0 bridgehead atoms. The summed E-state index contributed by atoms with van der Waals surface area (Å²) in [7, 11) is 0. The molecule has 0 aliphatic carbocycles. The number of nitrogen functional groups attached to an aromatic ring is 1. The van der Waals surface area contributed by atoms with E-state index in [1.807, 2.05) is 0 Å². The molecule has 4 aliphatic heterocycles. The molecule has 4 aliphatic rings. The van der Waals surface area contributed by atoms with Gasteiger partial charge in [-0.2, -0.15) is 20.5 Å². The van der Waals surface area contributed by atoms with Crippen LogP contribution in [-0.4, -0.2) is 77.1 Å². The van der Waals surface area contributed by atoms with Gasteiger partial charge in [0.1, 0.15) is 34.8 Å². The molecule has 3 fully saturated rings. The number of allylic oxidation sites excluding steroid dienone is 1. The van der Waals surface area contributed by atoms with Crippen molar-refractivity contribution in [1.29, 1.82) is 10.5 Å². The molecule has 6 heterocycles. The number of amides is 1. The molecular weight excluding hydrogens is 718 g/mol. The van der Waals surface area contributed by atoms with Gasteiger partial charge in [0.15, 0.2) is 5.82 Å². The van der Waals surface area contributed by atoms with E-state index in [1.165, 1.54) is 12.1 Å². The van der Waals surface area contributed by atoms with Gasteiger partial charge in [-0.3, -0.25) is 9.69 Å². The number of likely N-dealkylation sites (tertiary alicyclic amines) is 1. The average molecular weight is 759 g/mol. The summed E-state index contributed by atoms with van der Waals surface area (Å²) in [5.41, 5.74) is 6.51.